The molecular weight excluding hydrogens is 321 g/mol. The first-order chi connectivity index (χ1) is 11.4. The van der Waals surface area contributed by atoms with Crippen molar-refractivity contribution in [2.24, 2.45) is 5.14 Å². The maximum atomic E-state index is 14.5. The van der Waals surface area contributed by atoms with Gasteiger partial charge in [-0.2, -0.15) is 0 Å². The zero-order valence-corrected chi connectivity index (χ0v) is 15.0. The minimum Gasteiger partial charge on any atom is -0.251 e. The second-order valence-corrected chi connectivity index (χ2v) is 8.98. The summed E-state index contributed by atoms with van der Waals surface area (Å²) in [5.74, 6) is 0.237. The van der Waals surface area contributed by atoms with Crippen LogP contribution >= 0.6 is 0 Å². The molecule has 1 aliphatic rings. The molecule has 2 N–H and O–H groups in total. The molecule has 0 bridgehead atoms. The third kappa shape index (κ3) is 3.76. The number of rotatable bonds is 6. The van der Waals surface area contributed by atoms with Crippen LogP contribution in [0.25, 0.3) is 0 Å². The lowest BCUT2D eigenvalue weighted by Crippen LogP contribution is -2.34. The van der Waals surface area contributed by atoms with Crippen molar-refractivity contribution in [2.75, 3.05) is 0 Å². The van der Waals surface area contributed by atoms with Crippen LogP contribution in [0.3, 0.4) is 0 Å². The molecule has 1 aliphatic carbocycles. The van der Waals surface area contributed by atoms with E-state index in [1.807, 2.05) is 56.3 Å². The van der Waals surface area contributed by atoms with Crippen LogP contribution in [0, 0.1) is 5.82 Å². The van der Waals surface area contributed by atoms with Crippen LogP contribution in [-0.2, 0) is 11.0 Å². The van der Waals surface area contributed by atoms with Crippen LogP contribution in [0.15, 0.2) is 48.5 Å². The van der Waals surface area contributed by atoms with E-state index in [2.05, 4.69) is 0 Å². The van der Waals surface area contributed by atoms with E-state index in [0.29, 0.717) is 12.3 Å². The van der Waals surface area contributed by atoms with Gasteiger partial charge in [-0.15, -0.1) is 0 Å². The van der Waals surface area contributed by atoms with Gasteiger partial charge in [0.2, 0.25) is 0 Å². The van der Waals surface area contributed by atoms with E-state index < -0.39 is 15.7 Å². The summed E-state index contributed by atoms with van der Waals surface area (Å²) in [6.07, 6.45) is 2.76. The van der Waals surface area contributed by atoms with Crippen molar-refractivity contribution in [1.82, 2.24) is 0 Å². The smallest absolute Gasteiger partial charge is 0.126 e. The SMILES string of the molecule is CC(C)(C[C@@H](c1ccccc1)c1ccc(C2CC2)c(F)c1)S(N)=O. The Morgan fingerprint density at radius 3 is 2.38 bits per heavy atom. The minimum absolute atomic E-state index is 0.0311. The molecule has 2 aromatic carbocycles. The summed E-state index contributed by atoms with van der Waals surface area (Å²) in [7, 11) is -1.44. The topological polar surface area (TPSA) is 43.1 Å². The lowest BCUT2D eigenvalue weighted by atomic mass is 9.84. The highest BCUT2D eigenvalue weighted by Gasteiger charge is 2.31. The van der Waals surface area contributed by atoms with Crippen molar-refractivity contribution in [3.8, 4) is 0 Å². The van der Waals surface area contributed by atoms with Gasteiger partial charge in [-0.25, -0.2) is 8.60 Å². The van der Waals surface area contributed by atoms with Crippen molar-refractivity contribution >= 4 is 11.0 Å². The molecule has 0 aliphatic heterocycles. The van der Waals surface area contributed by atoms with Gasteiger partial charge >= 0.3 is 0 Å². The Labute approximate surface area is 145 Å². The van der Waals surface area contributed by atoms with Gasteiger partial charge in [0.25, 0.3) is 0 Å². The summed E-state index contributed by atoms with van der Waals surface area (Å²) in [4.78, 5) is 0. The van der Waals surface area contributed by atoms with E-state index in [4.69, 9.17) is 5.14 Å². The molecular formula is C20H24FNOS. The average Bonchev–Trinajstić information content (AvgIpc) is 3.38. The van der Waals surface area contributed by atoms with Crippen LogP contribution in [-0.4, -0.2) is 8.96 Å². The normalized spacial score (nSPS) is 17.5. The number of hydrogen-bond acceptors (Lipinski definition) is 1. The van der Waals surface area contributed by atoms with Crippen molar-refractivity contribution < 1.29 is 8.60 Å². The first-order valence-corrected chi connectivity index (χ1v) is 9.60. The molecule has 4 heteroatoms. The molecule has 0 amide bonds. The van der Waals surface area contributed by atoms with Crippen molar-refractivity contribution in [2.45, 2.75) is 49.7 Å². The van der Waals surface area contributed by atoms with Crippen molar-refractivity contribution in [1.29, 1.82) is 0 Å². The predicted octanol–water partition coefficient (Wildman–Crippen LogP) is 4.63. The molecule has 0 aromatic heterocycles. The van der Waals surface area contributed by atoms with E-state index in [1.54, 1.807) is 6.07 Å². The van der Waals surface area contributed by atoms with Gasteiger partial charge in [0, 0.05) is 5.92 Å². The summed E-state index contributed by atoms with van der Waals surface area (Å²) < 4.78 is 25.9. The van der Waals surface area contributed by atoms with E-state index in [9.17, 15) is 8.60 Å². The molecule has 2 aromatic rings. The Bertz CT molecular complexity index is 741. The van der Waals surface area contributed by atoms with Crippen LogP contribution in [0.4, 0.5) is 4.39 Å². The van der Waals surface area contributed by atoms with Crippen molar-refractivity contribution in [3.63, 3.8) is 0 Å². The predicted molar refractivity (Wildman–Crippen MR) is 97.7 cm³/mol. The Kier molecular flexibility index (Phi) is 4.88. The molecule has 1 saturated carbocycles. The molecule has 0 saturated heterocycles. The molecule has 0 spiro atoms. The zero-order valence-electron chi connectivity index (χ0n) is 14.2. The van der Waals surface area contributed by atoms with Gasteiger partial charge in [0.15, 0.2) is 0 Å². The molecule has 1 unspecified atom stereocenters. The van der Waals surface area contributed by atoms with Crippen LogP contribution in [0.5, 0.6) is 0 Å². The third-order valence-electron chi connectivity index (χ3n) is 4.89. The fourth-order valence-electron chi connectivity index (χ4n) is 3.17. The lowest BCUT2D eigenvalue weighted by Gasteiger charge is -2.28. The second-order valence-electron chi connectivity index (χ2n) is 7.28. The number of benzene rings is 2. The van der Waals surface area contributed by atoms with Gasteiger partial charge in [-0.05, 0) is 61.8 Å². The summed E-state index contributed by atoms with van der Waals surface area (Å²) in [6, 6.07) is 15.6. The number of halogens is 1. The summed E-state index contributed by atoms with van der Waals surface area (Å²) in [6.45, 7) is 3.79. The lowest BCUT2D eigenvalue weighted by molar-refractivity contribution is 0.551. The third-order valence-corrected chi connectivity index (χ3v) is 6.14. The van der Waals surface area contributed by atoms with E-state index in [1.165, 1.54) is 0 Å². The zero-order chi connectivity index (χ0) is 17.3. The summed E-state index contributed by atoms with van der Waals surface area (Å²) in [5.41, 5.74) is 2.84. The molecule has 0 heterocycles. The summed E-state index contributed by atoms with van der Waals surface area (Å²) in [5, 5.41) is 5.67. The summed E-state index contributed by atoms with van der Waals surface area (Å²) >= 11 is 0. The molecule has 2 atom stereocenters. The highest BCUT2D eigenvalue weighted by Crippen LogP contribution is 2.42. The Morgan fingerprint density at radius 2 is 1.83 bits per heavy atom. The molecule has 0 radical (unpaired) electrons. The minimum atomic E-state index is -1.44. The van der Waals surface area contributed by atoms with Gasteiger partial charge in [-0.3, -0.25) is 5.14 Å². The molecule has 24 heavy (non-hydrogen) atoms. The van der Waals surface area contributed by atoms with Crippen LogP contribution in [0.2, 0.25) is 0 Å². The van der Waals surface area contributed by atoms with Gasteiger partial charge in [0.05, 0.1) is 15.7 Å². The molecule has 128 valence electrons. The second kappa shape index (κ2) is 6.77. The maximum Gasteiger partial charge on any atom is 0.126 e. The highest BCUT2D eigenvalue weighted by molar-refractivity contribution is 7.84. The quantitative estimate of drug-likeness (QED) is 0.815. The molecule has 1 fully saturated rings. The van der Waals surface area contributed by atoms with Crippen molar-refractivity contribution in [3.05, 3.63) is 71.0 Å². The fraction of sp³-hybridized carbons (Fsp3) is 0.400. The number of hydrogen-bond donors (Lipinski definition) is 1. The first-order valence-electron chi connectivity index (χ1n) is 8.39. The standard InChI is InChI=1S/C20H24FNOS/c1-20(2,24(22)23)13-18(14-6-4-3-5-7-14)16-10-11-17(15-8-9-15)19(21)12-16/h3-7,10-12,15,18H,8-9,13,22H2,1-2H3/t18-,24?/m0/s1. The first kappa shape index (κ1) is 17.3. The van der Waals surface area contributed by atoms with Gasteiger partial charge in [0.1, 0.15) is 5.82 Å². The van der Waals surface area contributed by atoms with Crippen LogP contribution in [0.1, 0.15) is 61.6 Å². The highest BCUT2D eigenvalue weighted by atomic mass is 32.2. The van der Waals surface area contributed by atoms with Gasteiger partial charge in [-0.1, -0.05) is 42.5 Å². The fourth-order valence-corrected chi connectivity index (χ4v) is 3.50. The largest absolute Gasteiger partial charge is 0.251 e. The Morgan fingerprint density at radius 1 is 1.17 bits per heavy atom. The van der Waals surface area contributed by atoms with E-state index in [-0.39, 0.29) is 11.7 Å². The Balaban J connectivity index is 1.98. The molecule has 2 nitrogen and oxygen atoms in total. The van der Waals surface area contributed by atoms with Crippen LogP contribution < -0.4 is 5.14 Å². The van der Waals surface area contributed by atoms with E-state index >= 15 is 0 Å². The maximum absolute atomic E-state index is 14.5. The number of nitrogens with two attached hydrogens (primary N) is 1. The molecule has 3 rings (SSSR count). The van der Waals surface area contributed by atoms with E-state index in [0.717, 1.165) is 29.5 Å². The van der Waals surface area contributed by atoms with Gasteiger partial charge < -0.3 is 0 Å². The average molecular weight is 345 g/mol. The Hall–Kier alpha value is -1.52. The monoisotopic (exact) mass is 345 g/mol.